The van der Waals surface area contributed by atoms with Gasteiger partial charge in [-0.05, 0) is 43.0 Å². The summed E-state index contributed by atoms with van der Waals surface area (Å²) in [5.41, 5.74) is 3.53. The first-order valence-corrected chi connectivity index (χ1v) is 10.7. The van der Waals surface area contributed by atoms with Crippen LogP contribution in [0.4, 0.5) is 8.78 Å². The second-order valence-electron chi connectivity index (χ2n) is 8.20. The van der Waals surface area contributed by atoms with Gasteiger partial charge < -0.3 is 10.2 Å². The van der Waals surface area contributed by atoms with Crippen LogP contribution in [0.25, 0.3) is 5.69 Å². The van der Waals surface area contributed by atoms with Crippen LogP contribution in [0.15, 0.2) is 48.7 Å². The van der Waals surface area contributed by atoms with E-state index in [0.29, 0.717) is 25.1 Å². The van der Waals surface area contributed by atoms with E-state index in [2.05, 4.69) is 10.4 Å². The molecule has 0 saturated carbocycles. The van der Waals surface area contributed by atoms with Crippen molar-refractivity contribution in [2.75, 3.05) is 6.54 Å². The monoisotopic (exact) mass is 436 g/mol. The zero-order valence-electron chi connectivity index (χ0n) is 17.4. The van der Waals surface area contributed by atoms with E-state index in [0.717, 1.165) is 35.7 Å². The highest BCUT2D eigenvalue weighted by atomic mass is 19.1. The zero-order chi connectivity index (χ0) is 22.2. The van der Waals surface area contributed by atoms with E-state index in [-0.39, 0.29) is 30.0 Å². The Morgan fingerprint density at radius 3 is 2.84 bits per heavy atom. The Bertz CT molecular complexity index is 1210. The van der Waals surface area contributed by atoms with E-state index in [1.807, 2.05) is 24.3 Å². The highest BCUT2D eigenvalue weighted by Gasteiger charge is 2.29. The molecule has 2 aromatic carbocycles. The number of carbonyl (C=O) groups is 2. The van der Waals surface area contributed by atoms with Gasteiger partial charge >= 0.3 is 0 Å². The quantitative estimate of drug-likeness (QED) is 0.663. The molecule has 5 rings (SSSR count). The van der Waals surface area contributed by atoms with E-state index in [1.54, 1.807) is 11.1 Å². The van der Waals surface area contributed by atoms with Gasteiger partial charge in [-0.3, -0.25) is 9.59 Å². The van der Waals surface area contributed by atoms with Crippen molar-refractivity contribution in [3.63, 3.8) is 0 Å². The number of carbonyl (C=O) groups excluding carboxylic acids is 2. The number of nitrogens with one attached hydrogen (secondary N) is 1. The van der Waals surface area contributed by atoms with Crippen molar-refractivity contribution in [1.82, 2.24) is 20.0 Å². The number of benzene rings is 2. The van der Waals surface area contributed by atoms with Gasteiger partial charge in [-0.15, -0.1) is 0 Å². The Morgan fingerprint density at radius 2 is 2.03 bits per heavy atom. The van der Waals surface area contributed by atoms with Gasteiger partial charge in [0.25, 0.3) is 5.91 Å². The van der Waals surface area contributed by atoms with Gasteiger partial charge in [0.05, 0.1) is 12.2 Å². The summed E-state index contributed by atoms with van der Waals surface area (Å²) in [6, 6.07) is 10.7. The van der Waals surface area contributed by atoms with Gasteiger partial charge in [0.2, 0.25) is 5.91 Å². The molecule has 1 aliphatic heterocycles. The van der Waals surface area contributed by atoms with Gasteiger partial charge in [-0.1, -0.05) is 18.2 Å². The van der Waals surface area contributed by atoms with Gasteiger partial charge in [-0.2, -0.15) is 5.10 Å². The largest absolute Gasteiger partial charge is 0.349 e. The molecule has 8 heteroatoms. The lowest BCUT2D eigenvalue weighted by atomic mass is 9.92. The lowest BCUT2D eigenvalue weighted by Crippen LogP contribution is -2.34. The van der Waals surface area contributed by atoms with E-state index in [1.165, 1.54) is 16.8 Å². The highest BCUT2D eigenvalue weighted by molar-refractivity contribution is 5.98. The van der Waals surface area contributed by atoms with Crippen LogP contribution in [-0.2, 0) is 17.8 Å². The van der Waals surface area contributed by atoms with Crippen LogP contribution in [0, 0.1) is 11.6 Å². The van der Waals surface area contributed by atoms with Crippen LogP contribution in [0.3, 0.4) is 0 Å². The van der Waals surface area contributed by atoms with Crippen molar-refractivity contribution < 1.29 is 18.4 Å². The van der Waals surface area contributed by atoms with E-state index >= 15 is 0 Å². The summed E-state index contributed by atoms with van der Waals surface area (Å²) < 4.78 is 29.0. The molecule has 0 spiro atoms. The van der Waals surface area contributed by atoms with Crippen LogP contribution in [0.2, 0.25) is 0 Å². The SMILES string of the molecule is O=C(CCN1Cc2ccccc2C1=O)N[C@H]1CCCc2c1cnn2-c1ccc(F)cc1F. The maximum atomic E-state index is 14.3. The van der Waals surface area contributed by atoms with Crippen LogP contribution in [0.5, 0.6) is 0 Å². The van der Waals surface area contributed by atoms with Crippen molar-refractivity contribution in [2.45, 2.75) is 38.3 Å². The predicted octanol–water partition coefficient (Wildman–Crippen LogP) is 3.69. The molecule has 1 N–H and O–H groups in total. The van der Waals surface area contributed by atoms with Crippen LogP contribution >= 0.6 is 0 Å². The van der Waals surface area contributed by atoms with Crippen molar-refractivity contribution >= 4 is 11.8 Å². The minimum atomic E-state index is -0.682. The zero-order valence-corrected chi connectivity index (χ0v) is 17.4. The number of aromatic nitrogens is 2. The molecule has 0 radical (unpaired) electrons. The topological polar surface area (TPSA) is 67.2 Å². The predicted molar refractivity (Wildman–Crippen MR) is 113 cm³/mol. The molecule has 164 valence electrons. The van der Waals surface area contributed by atoms with Gasteiger partial charge in [-0.25, -0.2) is 13.5 Å². The van der Waals surface area contributed by atoms with Crippen molar-refractivity contribution in [3.8, 4) is 5.69 Å². The average Bonchev–Trinajstić information content (AvgIpc) is 3.35. The maximum Gasteiger partial charge on any atom is 0.254 e. The summed E-state index contributed by atoms with van der Waals surface area (Å²) in [4.78, 5) is 26.8. The number of hydrogen-bond donors (Lipinski definition) is 1. The second-order valence-corrected chi connectivity index (χ2v) is 8.20. The third-order valence-corrected chi connectivity index (χ3v) is 6.16. The van der Waals surface area contributed by atoms with Crippen molar-refractivity contribution in [3.05, 3.63) is 82.7 Å². The lowest BCUT2D eigenvalue weighted by Gasteiger charge is -2.25. The molecular formula is C24H22F2N4O2. The molecule has 1 aromatic heterocycles. The molecule has 0 fully saturated rings. The number of rotatable bonds is 5. The average molecular weight is 436 g/mol. The number of fused-ring (bicyclic) bond motifs is 2. The Morgan fingerprint density at radius 1 is 1.19 bits per heavy atom. The highest BCUT2D eigenvalue weighted by Crippen LogP contribution is 2.32. The third-order valence-electron chi connectivity index (χ3n) is 6.16. The molecular weight excluding hydrogens is 414 g/mol. The molecule has 0 bridgehead atoms. The maximum absolute atomic E-state index is 14.3. The Balaban J connectivity index is 1.25. The minimum Gasteiger partial charge on any atom is -0.349 e. The Hall–Kier alpha value is -3.55. The lowest BCUT2D eigenvalue weighted by molar-refractivity contribution is -0.122. The molecule has 2 aliphatic rings. The molecule has 1 aliphatic carbocycles. The summed E-state index contributed by atoms with van der Waals surface area (Å²) in [6.07, 6.45) is 4.10. The Labute approximate surface area is 183 Å². The van der Waals surface area contributed by atoms with Crippen molar-refractivity contribution in [1.29, 1.82) is 0 Å². The second kappa shape index (κ2) is 8.18. The molecule has 32 heavy (non-hydrogen) atoms. The molecule has 1 atom stereocenters. The first kappa shape index (κ1) is 20.4. The van der Waals surface area contributed by atoms with E-state index < -0.39 is 11.6 Å². The number of hydrogen-bond acceptors (Lipinski definition) is 3. The summed E-state index contributed by atoms with van der Waals surface area (Å²) >= 11 is 0. The summed E-state index contributed by atoms with van der Waals surface area (Å²) in [6.45, 7) is 0.866. The van der Waals surface area contributed by atoms with Crippen molar-refractivity contribution in [2.24, 2.45) is 0 Å². The number of nitrogens with zero attached hydrogens (tertiary/aromatic N) is 3. The standard InChI is InChI=1S/C24H22F2N4O2/c25-16-8-9-22(19(26)12-16)30-21-7-3-6-20(18(21)13-27-30)28-23(31)10-11-29-14-15-4-1-2-5-17(15)24(29)32/h1-2,4-5,8-9,12-13,20H,3,6-7,10-11,14H2,(H,28,31)/t20-/m0/s1. The molecule has 6 nitrogen and oxygen atoms in total. The number of halogens is 2. The van der Waals surface area contributed by atoms with Gasteiger partial charge in [0.1, 0.15) is 11.5 Å². The molecule has 3 aromatic rings. The molecule has 0 unspecified atom stereocenters. The first-order valence-electron chi connectivity index (χ1n) is 10.7. The molecule has 2 amide bonds. The molecule has 0 saturated heterocycles. The fraction of sp³-hybridized carbons (Fsp3) is 0.292. The number of amides is 2. The first-order chi connectivity index (χ1) is 15.5. The third kappa shape index (κ3) is 3.66. The summed E-state index contributed by atoms with van der Waals surface area (Å²) in [7, 11) is 0. The summed E-state index contributed by atoms with van der Waals surface area (Å²) in [5, 5.41) is 7.35. The summed E-state index contributed by atoms with van der Waals surface area (Å²) in [5.74, 6) is -1.52. The van der Waals surface area contributed by atoms with E-state index in [9.17, 15) is 18.4 Å². The normalized spacial score (nSPS) is 17.2. The Kier molecular flexibility index (Phi) is 5.20. The van der Waals surface area contributed by atoms with E-state index in [4.69, 9.17) is 0 Å². The fourth-order valence-electron chi connectivity index (χ4n) is 4.57. The minimum absolute atomic E-state index is 0.0454. The molecule has 2 heterocycles. The van der Waals surface area contributed by atoms with Crippen LogP contribution in [-0.4, -0.2) is 33.0 Å². The van der Waals surface area contributed by atoms with Gasteiger partial charge in [0.15, 0.2) is 5.82 Å². The van der Waals surface area contributed by atoms with Crippen LogP contribution < -0.4 is 5.32 Å². The smallest absolute Gasteiger partial charge is 0.254 e. The fourth-order valence-corrected chi connectivity index (χ4v) is 4.57. The van der Waals surface area contributed by atoms with Gasteiger partial charge in [0, 0.05) is 42.4 Å². The van der Waals surface area contributed by atoms with Crippen LogP contribution in [0.1, 0.15) is 52.5 Å².